The normalized spacial score (nSPS) is 19.3. The molecule has 3 rings (SSSR count). The lowest BCUT2D eigenvalue weighted by Crippen LogP contribution is -1.99. The summed E-state index contributed by atoms with van der Waals surface area (Å²) in [7, 11) is 0. The molecule has 1 unspecified atom stereocenters. The van der Waals surface area contributed by atoms with E-state index in [0.29, 0.717) is 12.5 Å². The highest BCUT2D eigenvalue weighted by Gasteiger charge is 2.22. The quantitative estimate of drug-likeness (QED) is 0.854. The molecule has 98 valence electrons. The standard InChI is InChI=1S/C14H15N3O2/c15-12-3-1-2-10(8-12)4-5-13-16-14(17-19-13)11-6-7-18-9-11/h1-5,8,11H,6-7,9,15H2/b5-4+. The molecule has 1 aromatic heterocycles. The highest BCUT2D eigenvalue weighted by molar-refractivity contribution is 5.67. The molecular formula is C14H15N3O2. The van der Waals surface area contributed by atoms with E-state index in [-0.39, 0.29) is 5.92 Å². The van der Waals surface area contributed by atoms with Gasteiger partial charge in [-0.05, 0) is 30.2 Å². The van der Waals surface area contributed by atoms with Crippen LogP contribution in [0.1, 0.15) is 29.6 Å². The maximum absolute atomic E-state index is 5.72. The van der Waals surface area contributed by atoms with Crippen molar-refractivity contribution in [2.75, 3.05) is 18.9 Å². The highest BCUT2D eigenvalue weighted by atomic mass is 16.5. The predicted octanol–water partition coefficient (Wildman–Crippen LogP) is 2.33. The van der Waals surface area contributed by atoms with E-state index in [1.807, 2.05) is 30.3 Å². The van der Waals surface area contributed by atoms with Gasteiger partial charge < -0.3 is 15.0 Å². The van der Waals surface area contributed by atoms with Gasteiger partial charge in [-0.2, -0.15) is 4.98 Å². The number of anilines is 1. The van der Waals surface area contributed by atoms with Crippen molar-refractivity contribution in [1.82, 2.24) is 10.1 Å². The van der Waals surface area contributed by atoms with E-state index in [9.17, 15) is 0 Å². The average Bonchev–Trinajstić information content (AvgIpc) is 3.07. The molecule has 0 saturated carbocycles. The van der Waals surface area contributed by atoms with Gasteiger partial charge >= 0.3 is 0 Å². The summed E-state index contributed by atoms with van der Waals surface area (Å²) in [5.74, 6) is 1.49. The molecule has 1 aromatic carbocycles. The molecule has 2 N–H and O–H groups in total. The van der Waals surface area contributed by atoms with Crippen LogP contribution in [0, 0.1) is 0 Å². The van der Waals surface area contributed by atoms with Gasteiger partial charge in [-0.3, -0.25) is 0 Å². The highest BCUT2D eigenvalue weighted by Crippen LogP contribution is 2.22. The Balaban J connectivity index is 1.73. The van der Waals surface area contributed by atoms with Crippen molar-refractivity contribution in [2.45, 2.75) is 12.3 Å². The molecule has 0 spiro atoms. The van der Waals surface area contributed by atoms with Gasteiger partial charge in [0.15, 0.2) is 5.82 Å². The second-order valence-electron chi connectivity index (χ2n) is 4.55. The van der Waals surface area contributed by atoms with Crippen molar-refractivity contribution in [1.29, 1.82) is 0 Å². The first kappa shape index (κ1) is 11.9. The van der Waals surface area contributed by atoms with E-state index in [1.165, 1.54) is 0 Å². The van der Waals surface area contributed by atoms with Crippen LogP contribution in [0.2, 0.25) is 0 Å². The van der Waals surface area contributed by atoms with Gasteiger partial charge in [0.05, 0.1) is 6.61 Å². The minimum absolute atomic E-state index is 0.262. The lowest BCUT2D eigenvalue weighted by molar-refractivity contribution is 0.192. The second-order valence-corrected chi connectivity index (χ2v) is 4.55. The summed E-state index contributed by atoms with van der Waals surface area (Å²) in [4.78, 5) is 4.35. The van der Waals surface area contributed by atoms with Crippen LogP contribution in [0.25, 0.3) is 12.2 Å². The Bertz CT molecular complexity index is 586. The first-order chi connectivity index (χ1) is 9.31. The minimum Gasteiger partial charge on any atom is -0.399 e. The van der Waals surface area contributed by atoms with Crippen molar-refractivity contribution < 1.29 is 9.26 Å². The maximum Gasteiger partial charge on any atom is 0.250 e. The van der Waals surface area contributed by atoms with Crippen molar-refractivity contribution in [3.8, 4) is 0 Å². The van der Waals surface area contributed by atoms with Gasteiger partial charge in [0, 0.05) is 24.3 Å². The van der Waals surface area contributed by atoms with E-state index in [4.69, 9.17) is 15.0 Å². The summed E-state index contributed by atoms with van der Waals surface area (Å²) in [6.45, 7) is 1.45. The molecule has 0 aliphatic carbocycles. The molecule has 1 fully saturated rings. The Hall–Kier alpha value is -2.14. The van der Waals surface area contributed by atoms with Gasteiger partial charge in [0.25, 0.3) is 5.89 Å². The molecule has 19 heavy (non-hydrogen) atoms. The predicted molar refractivity (Wildman–Crippen MR) is 72.3 cm³/mol. The molecule has 0 bridgehead atoms. The number of benzene rings is 1. The second kappa shape index (κ2) is 5.24. The fraction of sp³-hybridized carbons (Fsp3) is 0.286. The summed E-state index contributed by atoms with van der Waals surface area (Å²) < 4.78 is 10.5. The molecule has 0 amide bonds. The SMILES string of the molecule is Nc1cccc(/C=C/c2nc(C3CCOC3)no2)c1. The number of ether oxygens (including phenoxy) is 1. The third-order valence-corrected chi connectivity index (χ3v) is 3.08. The molecule has 1 aliphatic rings. The van der Waals surface area contributed by atoms with Crippen molar-refractivity contribution in [3.05, 3.63) is 41.5 Å². The molecular weight excluding hydrogens is 242 g/mol. The van der Waals surface area contributed by atoms with Gasteiger partial charge in [0.2, 0.25) is 0 Å². The minimum atomic E-state index is 0.262. The van der Waals surface area contributed by atoms with E-state index in [1.54, 1.807) is 6.08 Å². The van der Waals surface area contributed by atoms with Crippen LogP contribution in [0.15, 0.2) is 28.8 Å². The van der Waals surface area contributed by atoms with Crippen LogP contribution < -0.4 is 5.73 Å². The zero-order chi connectivity index (χ0) is 13.1. The number of hydrogen-bond donors (Lipinski definition) is 1. The first-order valence-corrected chi connectivity index (χ1v) is 6.26. The number of hydrogen-bond acceptors (Lipinski definition) is 5. The number of rotatable bonds is 3. The van der Waals surface area contributed by atoms with Gasteiger partial charge in [-0.1, -0.05) is 17.3 Å². The third-order valence-electron chi connectivity index (χ3n) is 3.08. The number of nitrogen functional groups attached to an aromatic ring is 1. The molecule has 0 radical (unpaired) electrons. The van der Waals surface area contributed by atoms with E-state index >= 15 is 0 Å². The zero-order valence-electron chi connectivity index (χ0n) is 10.5. The van der Waals surface area contributed by atoms with E-state index < -0.39 is 0 Å². The molecule has 5 heteroatoms. The number of aromatic nitrogens is 2. The lowest BCUT2D eigenvalue weighted by Gasteiger charge is -1.97. The fourth-order valence-corrected chi connectivity index (χ4v) is 2.05. The summed E-state index contributed by atoms with van der Waals surface area (Å²) in [6.07, 6.45) is 4.65. The Morgan fingerprint density at radius 3 is 3.05 bits per heavy atom. The fourth-order valence-electron chi connectivity index (χ4n) is 2.05. The Kier molecular flexibility index (Phi) is 3.29. The van der Waals surface area contributed by atoms with Crippen molar-refractivity contribution >= 4 is 17.8 Å². The van der Waals surface area contributed by atoms with Crippen LogP contribution in [0.3, 0.4) is 0 Å². The monoisotopic (exact) mass is 257 g/mol. The number of nitrogens with zero attached hydrogens (tertiary/aromatic N) is 2. The molecule has 1 aliphatic heterocycles. The Morgan fingerprint density at radius 2 is 2.26 bits per heavy atom. The first-order valence-electron chi connectivity index (χ1n) is 6.26. The topological polar surface area (TPSA) is 74.2 Å². The Labute approximate surface area is 111 Å². The molecule has 1 saturated heterocycles. The van der Waals surface area contributed by atoms with E-state index in [2.05, 4.69) is 10.1 Å². The van der Waals surface area contributed by atoms with Gasteiger partial charge in [-0.25, -0.2) is 0 Å². The largest absolute Gasteiger partial charge is 0.399 e. The molecule has 5 nitrogen and oxygen atoms in total. The Morgan fingerprint density at radius 1 is 1.32 bits per heavy atom. The lowest BCUT2D eigenvalue weighted by atomic mass is 10.1. The molecule has 1 atom stereocenters. The maximum atomic E-state index is 5.72. The summed E-state index contributed by atoms with van der Waals surface area (Å²) in [6, 6.07) is 7.61. The van der Waals surface area contributed by atoms with Crippen molar-refractivity contribution in [3.63, 3.8) is 0 Å². The molecule has 2 aromatic rings. The third kappa shape index (κ3) is 2.82. The zero-order valence-corrected chi connectivity index (χ0v) is 10.5. The van der Waals surface area contributed by atoms with Crippen LogP contribution in [-0.2, 0) is 4.74 Å². The van der Waals surface area contributed by atoms with Crippen LogP contribution >= 0.6 is 0 Å². The van der Waals surface area contributed by atoms with Gasteiger partial charge in [0.1, 0.15) is 0 Å². The van der Waals surface area contributed by atoms with Crippen LogP contribution in [-0.4, -0.2) is 23.4 Å². The summed E-state index contributed by atoms with van der Waals surface area (Å²) in [5.41, 5.74) is 7.45. The van der Waals surface area contributed by atoms with Gasteiger partial charge in [-0.15, -0.1) is 0 Å². The van der Waals surface area contributed by atoms with Crippen molar-refractivity contribution in [2.24, 2.45) is 0 Å². The summed E-state index contributed by atoms with van der Waals surface area (Å²) in [5, 5.41) is 3.99. The van der Waals surface area contributed by atoms with Crippen LogP contribution in [0.5, 0.6) is 0 Å². The summed E-state index contributed by atoms with van der Waals surface area (Å²) >= 11 is 0. The van der Waals surface area contributed by atoms with Crippen LogP contribution in [0.4, 0.5) is 5.69 Å². The average molecular weight is 257 g/mol. The smallest absolute Gasteiger partial charge is 0.250 e. The van der Waals surface area contributed by atoms with E-state index in [0.717, 1.165) is 30.1 Å². The molecule has 2 heterocycles. The number of nitrogens with two attached hydrogens (primary N) is 1.